The van der Waals surface area contributed by atoms with Gasteiger partial charge in [-0.2, -0.15) is 5.10 Å². The van der Waals surface area contributed by atoms with Crippen LogP contribution in [0.25, 0.3) is 0 Å². The number of nitrogens with zero attached hydrogens (tertiary/aromatic N) is 2. The topological polar surface area (TPSA) is 102 Å². The number of halogens is 1. The van der Waals surface area contributed by atoms with Crippen molar-refractivity contribution in [1.82, 2.24) is 9.78 Å². The number of hydrogen-bond donors (Lipinski definition) is 2. The Balaban J connectivity index is 1.73. The number of aryl methyl sites for hydroxylation is 3. The third-order valence-corrected chi connectivity index (χ3v) is 5.89. The van der Waals surface area contributed by atoms with Crippen LogP contribution in [0.5, 0.6) is 5.75 Å². The first-order valence-corrected chi connectivity index (χ1v) is 10.9. The molecular weight excluding hydrogens is 423 g/mol. The van der Waals surface area contributed by atoms with Gasteiger partial charge >= 0.3 is 0 Å². The molecule has 3 aromatic rings. The van der Waals surface area contributed by atoms with Gasteiger partial charge in [-0.25, -0.2) is 12.8 Å². The van der Waals surface area contributed by atoms with E-state index in [0.29, 0.717) is 12.2 Å². The van der Waals surface area contributed by atoms with Crippen LogP contribution in [0.15, 0.2) is 53.4 Å². The van der Waals surface area contributed by atoms with Crippen molar-refractivity contribution in [3.8, 4) is 5.75 Å². The summed E-state index contributed by atoms with van der Waals surface area (Å²) < 4.78 is 47.7. The molecule has 1 amide bonds. The fourth-order valence-corrected chi connectivity index (χ4v) is 4.08. The number of benzene rings is 2. The van der Waals surface area contributed by atoms with Gasteiger partial charge in [-0.1, -0.05) is 0 Å². The third kappa shape index (κ3) is 5.60. The monoisotopic (exact) mass is 446 g/mol. The molecule has 0 saturated heterocycles. The fraction of sp³-hybridized carbons (Fsp3) is 0.238. The van der Waals surface area contributed by atoms with Crippen LogP contribution in [0.2, 0.25) is 0 Å². The number of anilines is 2. The average Bonchev–Trinajstić information content (AvgIpc) is 3.04. The van der Waals surface area contributed by atoms with Crippen molar-refractivity contribution < 1.29 is 22.3 Å². The molecule has 1 aromatic heterocycles. The van der Waals surface area contributed by atoms with Crippen LogP contribution in [0.3, 0.4) is 0 Å². The van der Waals surface area contributed by atoms with E-state index in [4.69, 9.17) is 4.74 Å². The van der Waals surface area contributed by atoms with Crippen LogP contribution in [-0.2, 0) is 21.4 Å². The Bertz CT molecular complexity index is 1190. The SMILES string of the molecule is COc1ccc(NC(=O)CCn2nc(C)cc2C)cc1NS(=O)(=O)c1ccc(F)cc1. The number of hydrogen-bond acceptors (Lipinski definition) is 5. The summed E-state index contributed by atoms with van der Waals surface area (Å²) in [6.45, 7) is 4.22. The number of nitrogens with one attached hydrogen (secondary N) is 2. The van der Waals surface area contributed by atoms with E-state index in [1.165, 1.54) is 13.2 Å². The standard InChI is InChI=1S/C21H23FN4O4S/c1-14-12-15(2)26(24-14)11-10-21(27)23-17-6-9-20(30-3)19(13-17)25-31(28,29)18-7-4-16(22)5-8-18/h4-9,12-13,25H,10-11H2,1-3H3,(H,23,27). The smallest absolute Gasteiger partial charge is 0.262 e. The molecule has 3 rings (SSSR count). The van der Waals surface area contributed by atoms with E-state index in [1.54, 1.807) is 16.8 Å². The van der Waals surface area contributed by atoms with Gasteiger partial charge in [0.25, 0.3) is 10.0 Å². The highest BCUT2D eigenvalue weighted by Crippen LogP contribution is 2.30. The zero-order valence-corrected chi connectivity index (χ0v) is 18.2. The Hall–Kier alpha value is -3.40. The molecule has 10 heteroatoms. The van der Waals surface area contributed by atoms with Gasteiger partial charge in [-0.3, -0.25) is 14.2 Å². The first kappa shape index (κ1) is 22.3. The maximum atomic E-state index is 13.1. The highest BCUT2D eigenvalue weighted by molar-refractivity contribution is 7.92. The molecule has 0 saturated carbocycles. The highest BCUT2D eigenvalue weighted by Gasteiger charge is 2.17. The van der Waals surface area contributed by atoms with Crippen molar-refractivity contribution in [2.24, 2.45) is 0 Å². The Labute approximate surface area is 180 Å². The molecule has 0 unspecified atom stereocenters. The summed E-state index contributed by atoms with van der Waals surface area (Å²) in [5, 5.41) is 7.06. The van der Waals surface area contributed by atoms with Gasteiger partial charge in [0.2, 0.25) is 5.91 Å². The molecule has 1 heterocycles. The van der Waals surface area contributed by atoms with Crippen molar-refractivity contribution in [2.75, 3.05) is 17.1 Å². The summed E-state index contributed by atoms with van der Waals surface area (Å²) in [6.07, 6.45) is 0.199. The summed E-state index contributed by atoms with van der Waals surface area (Å²) in [5.74, 6) is -0.516. The summed E-state index contributed by atoms with van der Waals surface area (Å²) in [5.41, 5.74) is 2.39. The van der Waals surface area contributed by atoms with E-state index in [9.17, 15) is 17.6 Å². The predicted molar refractivity (Wildman–Crippen MR) is 115 cm³/mol. The van der Waals surface area contributed by atoms with Crippen molar-refractivity contribution >= 4 is 27.3 Å². The summed E-state index contributed by atoms with van der Waals surface area (Å²) in [4.78, 5) is 12.2. The third-order valence-electron chi connectivity index (χ3n) is 4.51. The van der Waals surface area contributed by atoms with Gasteiger partial charge in [-0.05, 0) is 62.4 Å². The number of carbonyl (C=O) groups is 1. The Kier molecular flexibility index (Phi) is 6.59. The van der Waals surface area contributed by atoms with E-state index in [2.05, 4.69) is 15.1 Å². The van der Waals surface area contributed by atoms with E-state index < -0.39 is 15.8 Å². The summed E-state index contributed by atoms with van der Waals surface area (Å²) in [6, 6.07) is 11.0. The molecule has 2 aromatic carbocycles. The van der Waals surface area contributed by atoms with Crippen LogP contribution in [0, 0.1) is 19.7 Å². The predicted octanol–water partition coefficient (Wildman–Crippen LogP) is 3.48. The molecule has 0 aliphatic heterocycles. The van der Waals surface area contributed by atoms with Gasteiger partial charge in [0.1, 0.15) is 11.6 Å². The maximum Gasteiger partial charge on any atom is 0.262 e. The fourth-order valence-electron chi connectivity index (χ4n) is 3.02. The molecule has 31 heavy (non-hydrogen) atoms. The second-order valence-electron chi connectivity index (χ2n) is 6.92. The molecule has 8 nitrogen and oxygen atoms in total. The first-order valence-electron chi connectivity index (χ1n) is 9.45. The lowest BCUT2D eigenvalue weighted by Crippen LogP contribution is -2.17. The molecular formula is C21H23FN4O4S. The molecule has 0 fully saturated rings. The number of sulfonamides is 1. The van der Waals surface area contributed by atoms with Crippen molar-refractivity contribution in [3.63, 3.8) is 0 Å². The Morgan fingerprint density at radius 2 is 1.84 bits per heavy atom. The van der Waals surface area contributed by atoms with Crippen LogP contribution in [-0.4, -0.2) is 31.2 Å². The van der Waals surface area contributed by atoms with Crippen LogP contribution in [0.4, 0.5) is 15.8 Å². The molecule has 0 spiro atoms. The number of aromatic nitrogens is 2. The van der Waals surface area contributed by atoms with Gasteiger partial charge in [-0.15, -0.1) is 0 Å². The lowest BCUT2D eigenvalue weighted by atomic mass is 10.2. The minimum atomic E-state index is -3.98. The minimum Gasteiger partial charge on any atom is -0.495 e. The maximum absolute atomic E-state index is 13.1. The molecule has 0 aliphatic carbocycles. The molecule has 0 bridgehead atoms. The van der Waals surface area contributed by atoms with E-state index >= 15 is 0 Å². The molecule has 0 radical (unpaired) electrons. The molecule has 0 aliphatic rings. The summed E-state index contributed by atoms with van der Waals surface area (Å²) in [7, 11) is -2.58. The minimum absolute atomic E-state index is 0.102. The first-order chi connectivity index (χ1) is 14.7. The zero-order valence-electron chi connectivity index (χ0n) is 17.3. The van der Waals surface area contributed by atoms with Gasteiger partial charge < -0.3 is 10.1 Å². The highest BCUT2D eigenvalue weighted by atomic mass is 32.2. The second kappa shape index (κ2) is 9.17. The quantitative estimate of drug-likeness (QED) is 0.552. The number of rotatable bonds is 8. The number of carbonyl (C=O) groups excluding carboxylic acids is 1. The molecule has 164 valence electrons. The normalized spacial score (nSPS) is 11.2. The van der Waals surface area contributed by atoms with Gasteiger partial charge in [0.05, 0.1) is 23.4 Å². The second-order valence-corrected chi connectivity index (χ2v) is 8.61. The van der Waals surface area contributed by atoms with Crippen molar-refractivity contribution in [2.45, 2.75) is 31.7 Å². The molecule has 0 atom stereocenters. The van der Waals surface area contributed by atoms with Gasteiger partial charge in [0, 0.05) is 24.3 Å². The van der Waals surface area contributed by atoms with E-state index in [1.807, 2.05) is 19.9 Å². The Morgan fingerprint density at radius 3 is 2.45 bits per heavy atom. The van der Waals surface area contributed by atoms with Crippen LogP contribution < -0.4 is 14.8 Å². The van der Waals surface area contributed by atoms with E-state index in [0.717, 1.165) is 35.7 Å². The van der Waals surface area contributed by atoms with E-state index in [-0.39, 0.29) is 28.7 Å². The largest absolute Gasteiger partial charge is 0.495 e. The average molecular weight is 447 g/mol. The Morgan fingerprint density at radius 1 is 1.13 bits per heavy atom. The van der Waals surface area contributed by atoms with Crippen LogP contribution >= 0.6 is 0 Å². The molecule has 2 N–H and O–H groups in total. The zero-order chi connectivity index (χ0) is 22.6. The van der Waals surface area contributed by atoms with Crippen molar-refractivity contribution in [1.29, 1.82) is 0 Å². The number of ether oxygens (including phenoxy) is 1. The van der Waals surface area contributed by atoms with Gasteiger partial charge in [0.15, 0.2) is 0 Å². The van der Waals surface area contributed by atoms with Crippen molar-refractivity contribution in [3.05, 3.63) is 65.7 Å². The number of amides is 1. The summed E-state index contributed by atoms with van der Waals surface area (Å²) >= 11 is 0. The lowest BCUT2D eigenvalue weighted by molar-refractivity contribution is -0.116. The number of methoxy groups -OCH3 is 1. The van der Waals surface area contributed by atoms with Crippen LogP contribution in [0.1, 0.15) is 17.8 Å². The lowest BCUT2D eigenvalue weighted by Gasteiger charge is -2.14.